The molecule has 0 saturated carbocycles. The zero-order valence-corrected chi connectivity index (χ0v) is 14.0. The lowest BCUT2D eigenvalue weighted by Gasteiger charge is -2.10. The molecule has 0 atom stereocenters. The normalized spacial score (nSPS) is 10.6. The summed E-state index contributed by atoms with van der Waals surface area (Å²) < 4.78 is 0.862. The van der Waals surface area contributed by atoms with Crippen LogP contribution in [0.5, 0.6) is 0 Å². The van der Waals surface area contributed by atoms with E-state index in [4.69, 9.17) is 0 Å². The van der Waals surface area contributed by atoms with Crippen LogP contribution in [0.3, 0.4) is 0 Å². The number of halogens is 1. The van der Waals surface area contributed by atoms with Gasteiger partial charge in [-0.25, -0.2) is 15.0 Å². The Labute approximate surface area is 131 Å². The first-order valence-electron chi connectivity index (χ1n) is 6.66. The highest BCUT2D eigenvalue weighted by Gasteiger charge is 2.08. The van der Waals surface area contributed by atoms with Crippen molar-refractivity contribution in [2.24, 2.45) is 0 Å². The highest BCUT2D eigenvalue weighted by Crippen LogP contribution is 2.27. The molecule has 0 saturated heterocycles. The summed E-state index contributed by atoms with van der Waals surface area (Å²) in [5.74, 6) is 1.60. The van der Waals surface area contributed by atoms with Gasteiger partial charge in [-0.3, -0.25) is 0 Å². The van der Waals surface area contributed by atoms with Crippen molar-refractivity contribution in [3.05, 3.63) is 26.9 Å². The van der Waals surface area contributed by atoms with E-state index in [1.54, 1.807) is 17.7 Å². The second kappa shape index (κ2) is 7.54. The van der Waals surface area contributed by atoms with Crippen molar-refractivity contribution in [2.45, 2.75) is 33.2 Å². The number of anilines is 2. The van der Waals surface area contributed by atoms with Crippen LogP contribution in [-0.4, -0.2) is 21.5 Å². The topological polar surface area (TPSA) is 62.7 Å². The van der Waals surface area contributed by atoms with Crippen molar-refractivity contribution in [1.82, 2.24) is 15.0 Å². The fourth-order valence-electron chi connectivity index (χ4n) is 1.61. The molecule has 0 unspecified atom stereocenters. The van der Waals surface area contributed by atoms with E-state index < -0.39 is 0 Å². The number of rotatable bonds is 7. The molecule has 0 spiro atoms. The largest absolute Gasteiger partial charge is 0.369 e. The molecule has 0 bridgehead atoms. The molecule has 2 N–H and O–H groups in total. The Morgan fingerprint density at radius 3 is 2.55 bits per heavy atom. The van der Waals surface area contributed by atoms with Gasteiger partial charge in [-0.2, -0.15) is 0 Å². The van der Waals surface area contributed by atoms with E-state index in [0.717, 1.165) is 40.5 Å². The maximum Gasteiger partial charge on any atom is 0.146 e. The molecule has 0 aliphatic heterocycles. The van der Waals surface area contributed by atoms with Gasteiger partial charge in [-0.05, 0) is 28.8 Å². The predicted molar refractivity (Wildman–Crippen MR) is 87.3 cm³/mol. The Bertz CT molecular complexity index is 557. The van der Waals surface area contributed by atoms with E-state index in [1.807, 2.05) is 6.20 Å². The number of nitrogens with one attached hydrogen (secondary N) is 2. The minimum atomic E-state index is 0.674. The van der Waals surface area contributed by atoms with Gasteiger partial charge in [0.05, 0.1) is 6.54 Å². The van der Waals surface area contributed by atoms with Gasteiger partial charge in [-0.15, -0.1) is 11.3 Å². The van der Waals surface area contributed by atoms with Crippen LogP contribution in [-0.2, 0) is 13.0 Å². The van der Waals surface area contributed by atoms with Gasteiger partial charge < -0.3 is 10.6 Å². The maximum absolute atomic E-state index is 4.39. The lowest BCUT2D eigenvalue weighted by Crippen LogP contribution is -2.07. The number of hydrogen-bond donors (Lipinski definition) is 2. The van der Waals surface area contributed by atoms with Crippen LogP contribution in [0.1, 0.15) is 30.2 Å². The molecule has 0 aliphatic carbocycles. The molecule has 2 aromatic rings. The fraction of sp³-hybridized carbons (Fsp3) is 0.462. The summed E-state index contributed by atoms with van der Waals surface area (Å²) >= 11 is 5.26. The highest BCUT2D eigenvalue weighted by molar-refractivity contribution is 9.10. The Hall–Kier alpha value is -1.21. The summed E-state index contributed by atoms with van der Waals surface area (Å²) in [6, 6.07) is 0. The first-order valence-corrected chi connectivity index (χ1v) is 8.27. The quantitative estimate of drug-likeness (QED) is 0.792. The molecular weight excluding hydrogens is 338 g/mol. The summed E-state index contributed by atoms with van der Waals surface area (Å²) in [6.45, 7) is 5.82. The summed E-state index contributed by atoms with van der Waals surface area (Å²) in [7, 11) is 0. The van der Waals surface area contributed by atoms with Crippen molar-refractivity contribution in [3.8, 4) is 0 Å². The molecule has 2 rings (SSSR count). The Balaban J connectivity index is 2.01. The lowest BCUT2D eigenvalue weighted by molar-refractivity contribution is 0.959. The van der Waals surface area contributed by atoms with Gasteiger partial charge in [0.25, 0.3) is 0 Å². The first-order chi connectivity index (χ1) is 9.74. The van der Waals surface area contributed by atoms with Crippen molar-refractivity contribution in [3.63, 3.8) is 0 Å². The third-order valence-electron chi connectivity index (χ3n) is 2.69. The van der Waals surface area contributed by atoms with E-state index in [0.29, 0.717) is 6.54 Å². The van der Waals surface area contributed by atoms with Crippen LogP contribution in [0.15, 0.2) is 17.0 Å². The number of hydrogen-bond acceptors (Lipinski definition) is 6. The van der Waals surface area contributed by atoms with Crippen molar-refractivity contribution >= 4 is 38.9 Å². The molecule has 5 nitrogen and oxygen atoms in total. The Morgan fingerprint density at radius 1 is 1.15 bits per heavy atom. The molecule has 0 aliphatic rings. The molecular formula is C13H18BrN5S. The SMILES string of the molecule is CCCNc1ncnc(NCc2ncc(CC)s2)c1Br. The van der Waals surface area contributed by atoms with Gasteiger partial charge in [-0.1, -0.05) is 13.8 Å². The van der Waals surface area contributed by atoms with Crippen molar-refractivity contribution < 1.29 is 0 Å². The first kappa shape index (κ1) is 15.2. The van der Waals surface area contributed by atoms with Crippen molar-refractivity contribution in [1.29, 1.82) is 0 Å². The zero-order chi connectivity index (χ0) is 14.4. The minimum absolute atomic E-state index is 0.674. The van der Waals surface area contributed by atoms with Crippen LogP contribution >= 0.6 is 27.3 Å². The van der Waals surface area contributed by atoms with Crippen LogP contribution in [0.25, 0.3) is 0 Å². The van der Waals surface area contributed by atoms with Crippen LogP contribution in [0.2, 0.25) is 0 Å². The minimum Gasteiger partial charge on any atom is -0.369 e. The van der Waals surface area contributed by atoms with E-state index >= 15 is 0 Å². The monoisotopic (exact) mass is 355 g/mol. The highest BCUT2D eigenvalue weighted by atomic mass is 79.9. The summed E-state index contributed by atoms with van der Waals surface area (Å²) in [5, 5.41) is 7.62. The molecule has 2 aromatic heterocycles. The van der Waals surface area contributed by atoms with Gasteiger partial charge in [0.15, 0.2) is 0 Å². The van der Waals surface area contributed by atoms with Crippen LogP contribution in [0, 0.1) is 0 Å². The van der Waals surface area contributed by atoms with E-state index in [2.05, 4.69) is 55.4 Å². The summed E-state index contributed by atoms with van der Waals surface area (Å²) in [6.07, 6.45) is 5.58. The fourth-order valence-corrected chi connectivity index (χ4v) is 2.90. The number of nitrogens with zero attached hydrogens (tertiary/aromatic N) is 3. The van der Waals surface area contributed by atoms with Crippen LogP contribution < -0.4 is 10.6 Å². The van der Waals surface area contributed by atoms with Gasteiger partial charge in [0.2, 0.25) is 0 Å². The zero-order valence-electron chi connectivity index (χ0n) is 11.6. The molecule has 0 fully saturated rings. The maximum atomic E-state index is 4.39. The molecule has 20 heavy (non-hydrogen) atoms. The smallest absolute Gasteiger partial charge is 0.146 e. The molecule has 0 aromatic carbocycles. The molecule has 7 heteroatoms. The molecule has 2 heterocycles. The summed E-state index contributed by atoms with van der Waals surface area (Å²) in [4.78, 5) is 14.2. The standard InChI is InChI=1S/C13H18BrN5S/c1-3-5-15-12-11(14)13(19-8-18-12)17-7-10-16-6-9(4-2)20-10/h6,8H,3-5,7H2,1-2H3,(H2,15,17,18,19). The predicted octanol–water partition coefficient (Wildman–Crippen LogP) is 3.69. The average molecular weight is 356 g/mol. The Kier molecular flexibility index (Phi) is 5.72. The van der Waals surface area contributed by atoms with Gasteiger partial charge >= 0.3 is 0 Å². The average Bonchev–Trinajstić information content (AvgIpc) is 2.93. The number of aromatic nitrogens is 3. The van der Waals surface area contributed by atoms with E-state index in [1.165, 1.54) is 4.88 Å². The third kappa shape index (κ3) is 3.89. The second-order valence-corrected chi connectivity index (χ2v) is 6.23. The van der Waals surface area contributed by atoms with Gasteiger partial charge in [0, 0.05) is 17.6 Å². The molecule has 0 radical (unpaired) electrons. The van der Waals surface area contributed by atoms with Crippen molar-refractivity contribution in [2.75, 3.05) is 17.2 Å². The second-order valence-electron chi connectivity index (χ2n) is 4.24. The third-order valence-corrected chi connectivity index (χ3v) is 4.58. The molecule has 0 amide bonds. The van der Waals surface area contributed by atoms with E-state index in [9.17, 15) is 0 Å². The summed E-state index contributed by atoms with van der Waals surface area (Å²) in [5.41, 5.74) is 0. The number of thiazole rings is 1. The van der Waals surface area contributed by atoms with E-state index in [-0.39, 0.29) is 0 Å². The Morgan fingerprint density at radius 2 is 1.90 bits per heavy atom. The number of aryl methyl sites for hydroxylation is 1. The van der Waals surface area contributed by atoms with Gasteiger partial charge in [0.1, 0.15) is 27.4 Å². The molecule has 108 valence electrons. The van der Waals surface area contributed by atoms with Crippen LogP contribution in [0.4, 0.5) is 11.6 Å². The lowest BCUT2D eigenvalue weighted by atomic mass is 10.4.